The van der Waals surface area contributed by atoms with Crippen LogP contribution in [-0.4, -0.2) is 31.0 Å². The van der Waals surface area contributed by atoms with Gasteiger partial charge in [0.1, 0.15) is 34.9 Å². The largest absolute Gasteiger partial charge is 0.496 e. The summed E-state index contributed by atoms with van der Waals surface area (Å²) in [6.45, 7) is 3.70. The van der Waals surface area contributed by atoms with E-state index < -0.39 is 5.54 Å². The molecule has 41 heavy (non-hydrogen) atoms. The molecule has 0 radical (unpaired) electrons. The lowest BCUT2D eigenvalue weighted by molar-refractivity contribution is 0.0925. The van der Waals surface area contributed by atoms with E-state index in [1.807, 2.05) is 25.1 Å². The number of oxazole rings is 1. The molecule has 0 aliphatic heterocycles. The Morgan fingerprint density at radius 2 is 1.73 bits per heavy atom. The van der Waals surface area contributed by atoms with E-state index in [1.54, 1.807) is 44.5 Å². The number of halogens is 1. The van der Waals surface area contributed by atoms with Crippen molar-refractivity contribution in [2.24, 2.45) is 0 Å². The molecule has 1 aliphatic carbocycles. The number of aromatic nitrogens is 1. The third kappa shape index (κ3) is 4.63. The summed E-state index contributed by atoms with van der Waals surface area (Å²) in [5.74, 6) is 0.349. The minimum absolute atomic E-state index is 0.282. The quantitative estimate of drug-likeness (QED) is 0.245. The van der Waals surface area contributed by atoms with Gasteiger partial charge in [0.05, 0.1) is 23.8 Å². The van der Waals surface area contributed by atoms with Crippen molar-refractivity contribution in [2.45, 2.75) is 32.2 Å². The first-order valence-electron chi connectivity index (χ1n) is 13.2. The number of benzene rings is 3. The molecule has 8 nitrogen and oxygen atoms in total. The lowest BCUT2D eigenvalue weighted by atomic mass is 9.95. The fourth-order valence-electron chi connectivity index (χ4n) is 5.20. The number of hydrogen-bond acceptors (Lipinski definition) is 6. The van der Waals surface area contributed by atoms with Crippen molar-refractivity contribution in [2.75, 3.05) is 14.2 Å². The zero-order chi connectivity index (χ0) is 28.9. The molecule has 0 atom stereocenters. The second-order valence-electron chi connectivity index (χ2n) is 10.3. The second kappa shape index (κ2) is 9.92. The van der Waals surface area contributed by atoms with Gasteiger partial charge in [-0.3, -0.25) is 9.59 Å². The lowest BCUT2D eigenvalue weighted by Crippen LogP contribution is -2.35. The molecule has 6 rings (SSSR count). The number of carbonyl (C=O) groups is 2. The highest BCUT2D eigenvalue weighted by atomic mass is 19.1. The number of ether oxygens (including phenoxy) is 1. The van der Waals surface area contributed by atoms with Gasteiger partial charge >= 0.3 is 0 Å². The third-order valence-electron chi connectivity index (χ3n) is 7.56. The summed E-state index contributed by atoms with van der Waals surface area (Å²) >= 11 is 0. The van der Waals surface area contributed by atoms with Crippen LogP contribution in [0.1, 0.15) is 50.7 Å². The van der Waals surface area contributed by atoms with Crippen LogP contribution >= 0.6 is 0 Å². The molecular formula is C32H28FN3O5. The third-order valence-corrected chi connectivity index (χ3v) is 7.56. The summed E-state index contributed by atoms with van der Waals surface area (Å²) in [7, 11) is 3.08. The number of nitrogens with zero attached hydrogens (tertiary/aromatic N) is 1. The van der Waals surface area contributed by atoms with Gasteiger partial charge in [-0.2, -0.15) is 0 Å². The molecular weight excluding hydrogens is 525 g/mol. The van der Waals surface area contributed by atoms with Gasteiger partial charge in [0.15, 0.2) is 5.89 Å². The number of aryl methyl sites for hydroxylation is 2. The highest BCUT2D eigenvalue weighted by molar-refractivity contribution is 6.12. The normalized spacial score (nSPS) is 13.7. The van der Waals surface area contributed by atoms with Crippen molar-refractivity contribution < 1.29 is 27.6 Å². The predicted molar refractivity (Wildman–Crippen MR) is 151 cm³/mol. The Balaban J connectivity index is 1.43. The first-order valence-corrected chi connectivity index (χ1v) is 13.2. The molecule has 3 aromatic carbocycles. The highest BCUT2D eigenvalue weighted by Gasteiger charge is 2.48. The molecule has 2 heterocycles. The Morgan fingerprint density at radius 1 is 1.00 bits per heavy atom. The highest BCUT2D eigenvalue weighted by Crippen LogP contribution is 2.46. The number of nitrogens with one attached hydrogen (secondary N) is 2. The first-order chi connectivity index (χ1) is 19.7. The van der Waals surface area contributed by atoms with Crippen molar-refractivity contribution in [3.8, 4) is 28.2 Å². The van der Waals surface area contributed by atoms with Gasteiger partial charge in [-0.15, -0.1) is 0 Å². The fourth-order valence-corrected chi connectivity index (χ4v) is 5.20. The molecule has 0 unspecified atom stereocenters. The summed E-state index contributed by atoms with van der Waals surface area (Å²) in [6, 6.07) is 15.0. The predicted octanol–water partition coefficient (Wildman–Crippen LogP) is 6.30. The molecule has 0 bridgehead atoms. The van der Waals surface area contributed by atoms with E-state index in [0.29, 0.717) is 50.8 Å². The average Bonchev–Trinajstić information content (AvgIpc) is 3.44. The maximum Gasteiger partial charge on any atom is 0.255 e. The zero-order valence-corrected chi connectivity index (χ0v) is 23.1. The number of furan rings is 1. The van der Waals surface area contributed by atoms with Crippen LogP contribution in [0.5, 0.6) is 5.75 Å². The van der Waals surface area contributed by atoms with E-state index in [1.165, 1.54) is 19.2 Å². The van der Waals surface area contributed by atoms with Gasteiger partial charge in [0, 0.05) is 24.9 Å². The zero-order valence-electron chi connectivity index (χ0n) is 23.1. The van der Waals surface area contributed by atoms with Crippen LogP contribution in [0.4, 0.5) is 4.39 Å². The maximum atomic E-state index is 13.6. The Hall–Kier alpha value is -4.92. The number of rotatable bonds is 7. The minimum atomic E-state index is -0.556. The topological polar surface area (TPSA) is 107 Å². The van der Waals surface area contributed by atoms with E-state index in [-0.39, 0.29) is 17.6 Å². The van der Waals surface area contributed by atoms with Gasteiger partial charge in [-0.25, -0.2) is 9.37 Å². The summed E-state index contributed by atoms with van der Waals surface area (Å²) in [4.78, 5) is 31.0. The van der Waals surface area contributed by atoms with Gasteiger partial charge in [-0.05, 0) is 85.0 Å². The molecule has 9 heteroatoms. The number of fused-ring (bicyclic) bond motifs is 1. The molecule has 1 aliphatic rings. The van der Waals surface area contributed by atoms with Gasteiger partial charge < -0.3 is 24.2 Å². The first kappa shape index (κ1) is 26.3. The standard InChI is InChI=1S/C32H28FN3O5/c1-17-13-26(39-4)24(30(37)36-32(11-12-32)27-16-40-18(2)35-27)15-22(17)20-7-10-25-23(14-20)28(31(38)34-3)29(41-25)19-5-8-21(33)9-6-19/h5-10,13-16H,11-12H2,1-4H3,(H,34,38)(H,36,37). The number of methoxy groups -OCH3 is 1. The van der Waals surface area contributed by atoms with Crippen LogP contribution in [0, 0.1) is 19.7 Å². The average molecular weight is 554 g/mol. The smallest absolute Gasteiger partial charge is 0.255 e. The van der Waals surface area contributed by atoms with E-state index >= 15 is 0 Å². The number of carbonyl (C=O) groups excluding carboxylic acids is 2. The second-order valence-corrected chi connectivity index (χ2v) is 10.3. The van der Waals surface area contributed by atoms with Gasteiger partial charge in [-0.1, -0.05) is 6.07 Å². The molecule has 2 aromatic heterocycles. The molecule has 2 amide bonds. The Bertz CT molecular complexity index is 1820. The van der Waals surface area contributed by atoms with Crippen LogP contribution in [0.25, 0.3) is 33.4 Å². The van der Waals surface area contributed by atoms with E-state index in [9.17, 15) is 14.0 Å². The van der Waals surface area contributed by atoms with Crippen molar-refractivity contribution in [3.05, 3.63) is 95.0 Å². The Labute approximate surface area is 235 Å². The summed E-state index contributed by atoms with van der Waals surface area (Å²) in [5, 5.41) is 6.41. The number of amides is 2. The van der Waals surface area contributed by atoms with Crippen LogP contribution in [0.2, 0.25) is 0 Å². The van der Waals surface area contributed by atoms with Crippen molar-refractivity contribution >= 4 is 22.8 Å². The van der Waals surface area contributed by atoms with E-state index in [0.717, 1.165) is 29.5 Å². The molecule has 0 saturated heterocycles. The Kier molecular flexibility index (Phi) is 6.37. The Morgan fingerprint density at radius 3 is 2.37 bits per heavy atom. The maximum absolute atomic E-state index is 13.6. The molecule has 0 spiro atoms. The minimum Gasteiger partial charge on any atom is -0.496 e. The summed E-state index contributed by atoms with van der Waals surface area (Å²) in [5.41, 5.74) is 4.44. The van der Waals surface area contributed by atoms with Crippen LogP contribution in [-0.2, 0) is 5.54 Å². The summed E-state index contributed by atoms with van der Waals surface area (Å²) in [6.07, 6.45) is 3.12. The summed E-state index contributed by atoms with van der Waals surface area (Å²) < 4.78 is 30.6. The molecule has 5 aromatic rings. The number of hydrogen-bond donors (Lipinski definition) is 2. The van der Waals surface area contributed by atoms with Crippen molar-refractivity contribution in [3.63, 3.8) is 0 Å². The van der Waals surface area contributed by atoms with Crippen LogP contribution in [0.15, 0.2) is 69.7 Å². The SMILES string of the molecule is CNC(=O)c1c(-c2ccc(F)cc2)oc2ccc(-c3cc(C(=O)NC4(c5coc(C)n5)CC4)c(OC)cc3C)cc12. The molecule has 1 fully saturated rings. The van der Waals surface area contributed by atoms with Crippen molar-refractivity contribution in [1.29, 1.82) is 0 Å². The molecule has 208 valence electrons. The van der Waals surface area contributed by atoms with Crippen molar-refractivity contribution in [1.82, 2.24) is 15.6 Å². The fraction of sp³-hybridized carbons (Fsp3) is 0.219. The van der Waals surface area contributed by atoms with E-state index in [2.05, 4.69) is 15.6 Å². The van der Waals surface area contributed by atoms with E-state index in [4.69, 9.17) is 13.6 Å². The van der Waals surface area contributed by atoms with Crippen LogP contribution in [0.3, 0.4) is 0 Å². The monoisotopic (exact) mass is 553 g/mol. The molecule has 2 N–H and O–H groups in total. The molecule has 1 saturated carbocycles. The van der Waals surface area contributed by atoms with Crippen LogP contribution < -0.4 is 15.4 Å². The van der Waals surface area contributed by atoms with Gasteiger partial charge in [0.25, 0.3) is 11.8 Å². The lowest BCUT2D eigenvalue weighted by Gasteiger charge is -2.18. The van der Waals surface area contributed by atoms with Gasteiger partial charge in [0.2, 0.25) is 0 Å².